The summed E-state index contributed by atoms with van der Waals surface area (Å²) < 4.78 is 10.3. The lowest BCUT2D eigenvalue weighted by atomic mass is 10.0. The highest BCUT2D eigenvalue weighted by Crippen LogP contribution is 2.13. The second-order valence-electron chi connectivity index (χ2n) is 5.06. The molecule has 0 aliphatic heterocycles. The molecule has 1 unspecified atom stereocenters. The van der Waals surface area contributed by atoms with Crippen molar-refractivity contribution >= 4 is 11.9 Å². The second kappa shape index (κ2) is 7.20. The van der Waals surface area contributed by atoms with Crippen molar-refractivity contribution in [3.05, 3.63) is 0 Å². The zero-order valence-electron chi connectivity index (χ0n) is 12.4. The van der Waals surface area contributed by atoms with Crippen molar-refractivity contribution in [1.29, 1.82) is 0 Å². The van der Waals surface area contributed by atoms with Crippen LogP contribution in [0.5, 0.6) is 6.01 Å². The summed E-state index contributed by atoms with van der Waals surface area (Å²) >= 11 is 0. The number of nitrogens with two attached hydrogens (primary N) is 1. The van der Waals surface area contributed by atoms with Gasteiger partial charge in [-0.3, -0.25) is 0 Å². The van der Waals surface area contributed by atoms with Crippen molar-refractivity contribution in [2.45, 2.75) is 38.9 Å². The molecule has 0 fully saturated rings. The van der Waals surface area contributed by atoms with E-state index in [1.165, 1.54) is 0 Å². The third-order valence-corrected chi connectivity index (χ3v) is 2.45. The van der Waals surface area contributed by atoms with Gasteiger partial charge >= 0.3 is 6.01 Å². The van der Waals surface area contributed by atoms with Crippen LogP contribution in [0.3, 0.4) is 0 Å². The molecule has 1 atom stereocenters. The van der Waals surface area contributed by atoms with Crippen molar-refractivity contribution in [3.63, 3.8) is 0 Å². The number of aliphatic hydroxyl groups is 1. The standard InChI is InChI=1S/C12H23N5O3/c1-8(2)20-11-16-9(13)15-10(17-11)14-7-12(3,18)5-6-19-4/h8,18H,5-7H2,1-4H3,(H3,13,14,15,16,17). The highest BCUT2D eigenvalue weighted by atomic mass is 16.5. The van der Waals surface area contributed by atoms with Crippen LogP contribution in [0.15, 0.2) is 0 Å². The van der Waals surface area contributed by atoms with Crippen LogP contribution in [0.2, 0.25) is 0 Å². The summed E-state index contributed by atoms with van der Waals surface area (Å²) in [6.07, 6.45) is 0.432. The molecule has 0 saturated heterocycles. The molecule has 8 nitrogen and oxygen atoms in total. The number of nitrogens with zero attached hydrogens (tertiary/aromatic N) is 3. The number of nitrogen functional groups attached to an aromatic ring is 1. The minimum Gasteiger partial charge on any atom is -0.461 e. The number of aromatic nitrogens is 3. The molecule has 1 aromatic heterocycles. The van der Waals surface area contributed by atoms with Crippen LogP contribution in [0, 0.1) is 0 Å². The first-order valence-corrected chi connectivity index (χ1v) is 6.46. The van der Waals surface area contributed by atoms with Gasteiger partial charge in [0, 0.05) is 26.7 Å². The molecule has 114 valence electrons. The Hall–Kier alpha value is -1.67. The van der Waals surface area contributed by atoms with Crippen molar-refractivity contribution in [2.24, 2.45) is 0 Å². The van der Waals surface area contributed by atoms with Gasteiger partial charge in [-0.05, 0) is 20.8 Å². The zero-order valence-corrected chi connectivity index (χ0v) is 12.4. The van der Waals surface area contributed by atoms with Crippen LogP contribution in [-0.4, -0.2) is 52.0 Å². The van der Waals surface area contributed by atoms with Crippen LogP contribution in [0.25, 0.3) is 0 Å². The molecule has 20 heavy (non-hydrogen) atoms. The van der Waals surface area contributed by atoms with E-state index < -0.39 is 5.60 Å². The number of ether oxygens (including phenoxy) is 2. The summed E-state index contributed by atoms with van der Waals surface area (Å²) in [6.45, 7) is 6.16. The molecule has 0 saturated carbocycles. The van der Waals surface area contributed by atoms with Gasteiger partial charge in [-0.2, -0.15) is 15.0 Å². The molecule has 0 radical (unpaired) electrons. The van der Waals surface area contributed by atoms with Crippen LogP contribution in [0.4, 0.5) is 11.9 Å². The fourth-order valence-electron chi connectivity index (χ4n) is 1.39. The number of methoxy groups -OCH3 is 1. The lowest BCUT2D eigenvalue weighted by Crippen LogP contribution is -2.35. The third-order valence-electron chi connectivity index (χ3n) is 2.45. The molecule has 4 N–H and O–H groups in total. The van der Waals surface area contributed by atoms with E-state index in [9.17, 15) is 5.11 Å². The summed E-state index contributed by atoms with van der Waals surface area (Å²) in [6, 6.07) is 0.159. The first-order valence-electron chi connectivity index (χ1n) is 6.46. The van der Waals surface area contributed by atoms with Gasteiger partial charge < -0.3 is 25.6 Å². The SMILES string of the molecule is COCCC(C)(O)CNc1nc(N)nc(OC(C)C)n1. The number of hydrogen-bond acceptors (Lipinski definition) is 8. The molecular weight excluding hydrogens is 262 g/mol. The second-order valence-corrected chi connectivity index (χ2v) is 5.06. The fourth-order valence-corrected chi connectivity index (χ4v) is 1.39. The van der Waals surface area contributed by atoms with Crippen molar-refractivity contribution < 1.29 is 14.6 Å². The molecule has 1 aromatic rings. The summed E-state index contributed by atoms with van der Waals surface area (Å²) in [5.74, 6) is 0.334. The average molecular weight is 285 g/mol. The Morgan fingerprint density at radius 3 is 2.65 bits per heavy atom. The quantitative estimate of drug-likeness (QED) is 0.630. The van der Waals surface area contributed by atoms with E-state index in [2.05, 4.69) is 20.3 Å². The number of anilines is 2. The monoisotopic (exact) mass is 285 g/mol. The van der Waals surface area contributed by atoms with E-state index in [4.69, 9.17) is 15.2 Å². The maximum Gasteiger partial charge on any atom is 0.323 e. The number of nitrogens with one attached hydrogen (secondary N) is 1. The highest BCUT2D eigenvalue weighted by molar-refractivity contribution is 5.32. The van der Waals surface area contributed by atoms with Gasteiger partial charge in [-0.25, -0.2) is 0 Å². The predicted molar refractivity (Wildman–Crippen MR) is 75.6 cm³/mol. The lowest BCUT2D eigenvalue weighted by molar-refractivity contribution is 0.0356. The zero-order chi connectivity index (χ0) is 15.2. The van der Waals surface area contributed by atoms with Crippen molar-refractivity contribution in [3.8, 4) is 6.01 Å². The summed E-state index contributed by atoms with van der Waals surface area (Å²) in [4.78, 5) is 11.9. The topological polar surface area (TPSA) is 115 Å². The van der Waals surface area contributed by atoms with Gasteiger partial charge in [0.05, 0.1) is 11.7 Å². The Morgan fingerprint density at radius 1 is 1.35 bits per heavy atom. The molecule has 1 rings (SSSR count). The van der Waals surface area contributed by atoms with Gasteiger partial charge in [0.1, 0.15) is 0 Å². The van der Waals surface area contributed by atoms with Gasteiger partial charge in [0.25, 0.3) is 0 Å². The maximum absolute atomic E-state index is 10.1. The van der Waals surface area contributed by atoms with Crippen LogP contribution in [-0.2, 0) is 4.74 Å². The first-order chi connectivity index (χ1) is 9.32. The van der Waals surface area contributed by atoms with Crippen molar-refractivity contribution in [2.75, 3.05) is 31.3 Å². The van der Waals surface area contributed by atoms with Gasteiger partial charge in [-0.15, -0.1) is 0 Å². The normalized spacial score (nSPS) is 14.1. The van der Waals surface area contributed by atoms with Crippen LogP contribution < -0.4 is 15.8 Å². The summed E-state index contributed by atoms with van der Waals surface area (Å²) in [5, 5.41) is 13.0. The fraction of sp³-hybridized carbons (Fsp3) is 0.750. The van der Waals surface area contributed by atoms with Gasteiger partial charge in [0.15, 0.2) is 0 Å². The minimum atomic E-state index is -0.934. The molecule has 0 aromatic carbocycles. The Balaban J connectivity index is 2.65. The molecule has 0 aliphatic rings. The Labute approximate surface area is 118 Å². The van der Waals surface area contributed by atoms with E-state index in [0.29, 0.717) is 13.0 Å². The Kier molecular flexibility index (Phi) is 5.90. The van der Waals surface area contributed by atoms with Gasteiger partial charge in [-0.1, -0.05) is 0 Å². The molecule has 0 amide bonds. The van der Waals surface area contributed by atoms with E-state index in [0.717, 1.165) is 0 Å². The van der Waals surface area contributed by atoms with Crippen LogP contribution >= 0.6 is 0 Å². The number of rotatable bonds is 8. The first kappa shape index (κ1) is 16.4. The Morgan fingerprint density at radius 2 is 2.05 bits per heavy atom. The number of hydrogen-bond donors (Lipinski definition) is 3. The van der Waals surface area contributed by atoms with E-state index in [-0.39, 0.29) is 30.6 Å². The van der Waals surface area contributed by atoms with E-state index in [1.807, 2.05) is 13.8 Å². The molecule has 0 aliphatic carbocycles. The maximum atomic E-state index is 10.1. The summed E-state index contributed by atoms with van der Waals surface area (Å²) in [5.41, 5.74) is 4.66. The van der Waals surface area contributed by atoms with E-state index in [1.54, 1.807) is 14.0 Å². The Bertz CT molecular complexity index is 426. The van der Waals surface area contributed by atoms with Crippen LogP contribution in [0.1, 0.15) is 27.2 Å². The average Bonchev–Trinajstić information content (AvgIpc) is 2.33. The third kappa shape index (κ3) is 5.98. The van der Waals surface area contributed by atoms with Crippen molar-refractivity contribution in [1.82, 2.24) is 15.0 Å². The molecule has 1 heterocycles. The largest absolute Gasteiger partial charge is 0.461 e. The van der Waals surface area contributed by atoms with Gasteiger partial charge in [0.2, 0.25) is 11.9 Å². The molecule has 0 spiro atoms. The van der Waals surface area contributed by atoms with E-state index >= 15 is 0 Å². The predicted octanol–water partition coefficient (Wildman–Crippen LogP) is 0.440. The smallest absolute Gasteiger partial charge is 0.323 e. The molecule has 8 heteroatoms. The molecule has 0 bridgehead atoms. The molecular formula is C12H23N5O3. The highest BCUT2D eigenvalue weighted by Gasteiger charge is 2.20. The summed E-state index contributed by atoms with van der Waals surface area (Å²) in [7, 11) is 1.59. The minimum absolute atomic E-state index is 0.0607. The lowest BCUT2D eigenvalue weighted by Gasteiger charge is -2.23.